The van der Waals surface area contributed by atoms with Gasteiger partial charge in [0.2, 0.25) is 0 Å². The Bertz CT molecular complexity index is 3280. The van der Waals surface area contributed by atoms with E-state index in [9.17, 15) is 38.4 Å². The van der Waals surface area contributed by atoms with Gasteiger partial charge in [-0.3, -0.25) is 38.4 Å². The number of Topliss-reactive ketones (excluding diaryl/α,β-unsaturated/α-hetero) is 5. The minimum absolute atomic E-state index is 0.0442. The summed E-state index contributed by atoms with van der Waals surface area (Å²) in [6, 6.07) is 9.76. The van der Waals surface area contributed by atoms with Gasteiger partial charge in [0, 0.05) is 164 Å². The first-order chi connectivity index (χ1) is 61.5. The number of esters is 1. The largest absolute Gasteiger partial charge is 0.468 e. The zero-order valence-corrected chi connectivity index (χ0v) is 74.8. The summed E-state index contributed by atoms with van der Waals surface area (Å²) in [5.74, 6) is 3.77. The topological polar surface area (TPSA) is 469 Å². The van der Waals surface area contributed by atoms with Gasteiger partial charge in [0.1, 0.15) is 36.3 Å². The molecular weight excluding hydrogens is 1670 g/mol. The van der Waals surface area contributed by atoms with E-state index in [1.54, 1.807) is 56.9 Å². The molecule has 16 bridgehead atoms. The van der Waals surface area contributed by atoms with Crippen LogP contribution in [0.15, 0.2) is 30.3 Å². The average molecular weight is 1800 g/mol. The number of carbonyl (C=O) groups excluding carboxylic acids is 16. The second-order valence-electron chi connectivity index (χ2n) is 34.7. The molecule has 36 heteroatoms. The lowest BCUT2D eigenvalue weighted by Crippen LogP contribution is -2.59. The molecule has 8 saturated carbocycles. The molecular formula is C91H134O36. The Morgan fingerprint density at radius 3 is 0.890 bits per heavy atom. The van der Waals surface area contributed by atoms with Crippen molar-refractivity contribution in [3.05, 3.63) is 35.9 Å². The van der Waals surface area contributed by atoms with Gasteiger partial charge in [-0.25, -0.2) is 0 Å². The number of ketones is 5. The highest BCUT2D eigenvalue weighted by Gasteiger charge is 2.58. The molecule has 127 heavy (non-hydrogen) atoms. The van der Waals surface area contributed by atoms with Crippen molar-refractivity contribution in [2.24, 2.45) is 118 Å². The number of hydrogen-bond donors (Lipinski definition) is 1. The lowest BCUT2D eigenvalue weighted by atomic mass is 9.68. The molecule has 1 N–H and O–H groups in total. The lowest BCUT2D eigenvalue weighted by Gasteiger charge is -2.52. The van der Waals surface area contributed by atoms with Crippen molar-refractivity contribution in [1.29, 1.82) is 0 Å². The predicted octanol–water partition coefficient (Wildman–Crippen LogP) is 6.31. The summed E-state index contributed by atoms with van der Waals surface area (Å²) in [6.45, 7) is 12.3. The molecule has 16 unspecified atom stereocenters. The smallest absolute Gasteiger partial charge is 0.373 e. The molecule has 8 aliphatic carbocycles. The lowest BCUT2D eigenvalue weighted by molar-refractivity contribution is -0.324. The predicted molar refractivity (Wildman–Crippen MR) is 433 cm³/mol. The molecule has 17 rings (SSSR count). The van der Waals surface area contributed by atoms with Gasteiger partial charge < -0.3 is 95.1 Å². The number of benzene rings is 1. The number of hydrogen-bond acceptors (Lipinski definition) is 36. The monoisotopic (exact) mass is 1800 g/mol. The molecule has 16 aliphatic rings. The summed E-state index contributed by atoms with van der Waals surface area (Å²) < 4.78 is 104. The standard InChI is InChI=1S/C19H26O5.2C12H20O5.C10H14O4.C10H18O3.3C8H12O2.4CO2/c1-21-19(22-2)16-8-15(9-17(19)13-23-12-16)10-18(20)24-11-14-6-4-3-5-7-14;1-14-12(15-2)10-3-9(5-17-8-13)4-11(12)7-16-6-10;1-15-12(16-2)9-3-8(11(14)5-13)4-10(12)7-17-6-9;11-6-14-3-7-1-8-4-13-5-9(2-7)10(8)12;1-11-10(12-2)8-4-3-5-9(10)7-13-6-8;3*9-8-6-2-1-3-7(8)5-10-4-6;4*2-1-3/h3-7,15-17H,8-13H2,1-2H3;8-11H,3-7H2,1-2H3;8-10,13H,3-7H2,1-2H3;6-9H,1-5H2;8-9H,3-7H2,1-2H3;3*6-7H,1-5H2;;;;. The van der Waals surface area contributed by atoms with E-state index >= 15 is 0 Å². The Hall–Kier alpha value is -7.18. The Balaban J connectivity index is 0.000000223. The summed E-state index contributed by atoms with van der Waals surface area (Å²) in [7, 11) is 13.6. The fourth-order valence-electron chi connectivity index (χ4n) is 21.9. The molecule has 714 valence electrons. The maximum Gasteiger partial charge on any atom is 0.373 e. The van der Waals surface area contributed by atoms with Crippen LogP contribution in [0.1, 0.15) is 140 Å². The van der Waals surface area contributed by atoms with Crippen molar-refractivity contribution in [3.63, 3.8) is 0 Å². The van der Waals surface area contributed by atoms with Crippen LogP contribution in [0.5, 0.6) is 0 Å². The van der Waals surface area contributed by atoms with E-state index in [1.165, 1.54) is 25.7 Å². The SMILES string of the molecule is COC1(OC)C2CCCC1COC2.COC1(OC)C2COCC1CC(C(=O)CO)C2.COC1(OC)C2COCC1CC(CC(=O)OCc1ccccc1)C2.COC1(OC)C2COCC1CC(COC=O)C2.O=C1C2CCCC1COC2.O=C1C2CCCC1COC2.O=C1C2CCCC1COC2.O=C=O.O=C=O.O=C=O.O=C=O.O=COCC1CC2COCC(C1)C2=O. The number of aliphatic hydroxyl groups is 1. The fourth-order valence-corrected chi connectivity index (χ4v) is 21.9. The van der Waals surface area contributed by atoms with Crippen molar-refractivity contribution < 1.29 is 172 Å². The quantitative estimate of drug-likeness (QED) is 0.0646. The van der Waals surface area contributed by atoms with Crippen LogP contribution in [0.3, 0.4) is 0 Å². The Kier molecular flexibility index (Phi) is 49.5. The molecule has 0 amide bonds. The first kappa shape index (κ1) is 109. The van der Waals surface area contributed by atoms with Gasteiger partial charge in [-0.2, -0.15) is 38.4 Å². The maximum atomic E-state index is 12.2. The van der Waals surface area contributed by atoms with Crippen LogP contribution in [0.2, 0.25) is 0 Å². The molecule has 1 aromatic rings. The van der Waals surface area contributed by atoms with Crippen LogP contribution in [0, 0.1) is 118 Å². The number of methoxy groups -OCH3 is 8. The first-order valence-electron chi connectivity index (χ1n) is 44.1. The van der Waals surface area contributed by atoms with Crippen molar-refractivity contribution in [2.45, 2.75) is 165 Å². The Labute approximate surface area is 742 Å². The van der Waals surface area contributed by atoms with Crippen LogP contribution in [-0.2, 0) is 173 Å². The van der Waals surface area contributed by atoms with Gasteiger partial charge in [-0.05, 0) is 126 Å². The second kappa shape index (κ2) is 57.9. The molecule has 0 spiro atoms. The third kappa shape index (κ3) is 30.2. The summed E-state index contributed by atoms with van der Waals surface area (Å²) in [5, 5.41) is 8.95. The first-order valence-corrected chi connectivity index (χ1v) is 44.1. The van der Waals surface area contributed by atoms with Gasteiger partial charge in [-0.15, -0.1) is 0 Å². The number of carbonyl (C=O) groups is 8. The average Bonchev–Trinajstić information content (AvgIpc) is 0.765. The summed E-state index contributed by atoms with van der Waals surface area (Å²) in [5.41, 5.74) is 1.01. The number of ether oxygens (including phenoxy) is 19. The number of fused-ring (bicyclic) bond motifs is 16. The third-order valence-electron chi connectivity index (χ3n) is 27.8. The zero-order chi connectivity index (χ0) is 92.8. The van der Waals surface area contributed by atoms with E-state index in [2.05, 4.69) is 0 Å². The van der Waals surface area contributed by atoms with E-state index < -0.39 is 17.4 Å². The molecule has 0 radical (unpaired) electrons. The molecule has 36 nitrogen and oxygen atoms in total. The van der Waals surface area contributed by atoms with Gasteiger partial charge in [0.05, 0.1) is 119 Å². The van der Waals surface area contributed by atoms with Crippen LogP contribution in [0.4, 0.5) is 0 Å². The Morgan fingerprint density at radius 2 is 0.606 bits per heavy atom. The summed E-state index contributed by atoms with van der Waals surface area (Å²) in [6.07, 6.45) is 21.6. The van der Waals surface area contributed by atoms with Crippen LogP contribution in [0.25, 0.3) is 0 Å². The van der Waals surface area contributed by atoms with Gasteiger partial charge in [-0.1, -0.05) is 56.0 Å². The minimum atomic E-state index is -0.621. The molecule has 16 atom stereocenters. The van der Waals surface area contributed by atoms with Gasteiger partial charge in [0.15, 0.2) is 28.9 Å². The van der Waals surface area contributed by atoms with Crippen LogP contribution < -0.4 is 0 Å². The van der Waals surface area contributed by atoms with Crippen LogP contribution >= 0.6 is 0 Å². The number of aliphatic hydroxyl groups excluding tert-OH is 1. The van der Waals surface area contributed by atoms with Gasteiger partial charge >= 0.3 is 30.6 Å². The number of rotatable bonds is 20. The van der Waals surface area contributed by atoms with E-state index in [0.717, 1.165) is 109 Å². The normalized spacial score (nSPS) is 32.4. The fraction of sp³-hybridized carbons (Fsp3) is 0.802. The van der Waals surface area contributed by atoms with E-state index in [1.807, 2.05) is 30.3 Å². The van der Waals surface area contributed by atoms with Crippen molar-refractivity contribution in [1.82, 2.24) is 0 Å². The highest BCUT2D eigenvalue weighted by Crippen LogP contribution is 2.51. The minimum Gasteiger partial charge on any atom is -0.468 e. The molecule has 8 aliphatic heterocycles. The Morgan fingerprint density at radius 1 is 0.354 bits per heavy atom. The molecule has 16 fully saturated rings. The highest BCUT2D eigenvalue weighted by molar-refractivity contribution is 5.86. The van der Waals surface area contributed by atoms with E-state index in [4.69, 9.17) is 133 Å². The summed E-state index contributed by atoms with van der Waals surface area (Å²) >= 11 is 0. The molecule has 1 aromatic carbocycles. The molecule has 8 heterocycles. The van der Waals surface area contributed by atoms with Crippen LogP contribution in [-0.4, -0.2) is 283 Å². The van der Waals surface area contributed by atoms with Crippen molar-refractivity contribution >= 4 is 72.4 Å². The maximum absolute atomic E-state index is 12.2. The third-order valence-corrected chi connectivity index (χ3v) is 27.8. The molecule has 0 aromatic heterocycles. The van der Waals surface area contributed by atoms with E-state index in [0.29, 0.717) is 197 Å². The molecule has 8 saturated heterocycles. The van der Waals surface area contributed by atoms with E-state index in [-0.39, 0.29) is 138 Å². The summed E-state index contributed by atoms with van der Waals surface area (Å²) in [4.78, 5) is 155. The second-order valence-corrected chi connectivity index (χ2v) is 34.7. The van der Waals surface area contributed by atoms with Gasteiger partial charge in [0.25, 0.3) is 12.9 Å². The zero-order valence-electron chi connectivity index (χ0n) is 74.8. The highest BCUT2D eigenvalue weighted by atomic mass is 16.7. The van der Waals surface area contributed by atoms with Crippen molar-refractivity contribution in [2.75, 3.05) is 182 Å². The van der Waals surface area contributed by atoms with Crippen molar-refractivity contribution in [3.8, 4) is 0 Å².